The van der Waals surface area contributed by atoms with E-state index in [1.54, 1.807) is 63.2 Å². The molecule has 2 heterocycles. The first-order valence-electron chi connectivity index (χ1n) is 21.0. The Balaban J connectivity index is 0.000000248. The van der Waals surface area contributed by atoms with Crippen LogP contribution >= 0.6 is 23.5 Å². The molecule has 17 heteroatoms. The van der Waals surface area contributed by atoms with Crippen LogP contribution in [-0.2, 0) is 58.3 Å². The Hall–Kier alpha value is -4.39. The van der Waals surface area contributed by atoms with Crippen molar-refractivity contribution >= 4 is 67.2 Å². The van der Waals surface area contributed by atoms with E-state index in [4.69, 9.17) is 4.74 Å². The minimum Gasteiger partial charge on any atom is -0.444 e. The summed E-state index contributed by atoms with van der Waals surface area (Å²) in [5.74, 6) is 0.481. The first-order chi connectivity index (χ1) is 29.9. The summed E-state index contributed by atoms with van der Waals surface area (Å²) in [4.78, 5) is 38.1. The van der Waals surface area contributed by atoms with Crippen LogP contribution in [0.2, 0.25) is 0 Å². The Bertz CT molecular complexity index is 2470. The van der Waals surface area contributed by atoms with E-state index in [2.05, 4.69) is 57.5 Å². The highest BCUT2D eigenvalue weighted by Crippen LogP contribution is 2.33. The summed E-state index contributed by atoms with van der Waals surface area (Å²) in [6.45, 7) is 19.0. The van der Waals surface area contributed by atoms with E-state index in [0.717, 1.165) is 22.3 Å². The molecule has 0 spiro atoms. The molecule has 64 heavy (non-hydrogen) atoms. The van der Waals surface area contributed by atoms with E-state index in [1.807, 2.05) is 60.7 Å². The summed E-state index contributed by atoms with van der Waals surface area (Å²) in [5, 5.41) is 6.78. The molecule has 2 saturated heterocycles. The Kier molecular flexibility index (Phi) is 16.5. The molecule has 4 aromatic carbocycles. The third-order valence-corrected chi connectivity index (χ3v) is 16.6. The molecule has 3 amide bonds. The van der Waals surface area contributed by atoms with Crippen molar-refractivity contribution in [2.24, 2.45) is 0 Å². The molecule has 3 N–H and O–H groups in total. The van der Waals surface area contributed by atoms with Gasteiger partial charge in [0.2, 0.25) is 31.9 Å². The van der Waals surface area contributed by atoms with Gasteiger partial charge in [-0.2, -0.15) is 8.61 Å². The lowest BCUT2D eigenvalue weighted by Crippen LogP contribution is -2.44. The first-order valence-corrected chi connectivity index (χ1v) is 26.0. The second-order valence-electron chi connectivity index (χ2n) is 18.5. The molecule has 2 aliphatic heterocycles. The van der Waals surface area contributed by atoms with Crippen molar-refractivity contribution in [3.8, 4) is 0 Å². The summed E-state index contributed by atoms with van der Waals surface area (Å²) < 4.78 is 60.7. The van der Waals surface area contributed by atoms with E-state index >= 15 is 0 Å². The van der Waals surface area contributed by atoms with Crippen molar-refractivity contribution < 1.29 is 36.0 Å². The monoisotopic (exact) mass is 951 g/mol. The summed E-state index contributed by atoms with van der Waals surface area (Å²) in [5.41, 5.74) is 3.62. The van der Waals surface area contributed by atoms with E-state index in [1.165, 1.54) is 32.1 Å². The summed E-state index contributed by atoms with van der Waals surface area (Å²) in [6.07, 6.45) is -0.567. The molecular weight excluding hydrogens is 891 g/mol. The molecule has 2 aliphatic rings. The van der Waals surface area contributed by atoms with Gasteiger partial charge in [-0.25, -0.2) is 21.6 Å². The molecule has 0 saturated carbocycles. The van der Waals surface area contributed by atoms with Crippen molar-refractivity contribution in [1.82, 2.24) is 19.2 Å². The molecular formula is C47H61N5O8S4. The number of sulfonamides is 2. The highest BCUT2D eigenvalue weighted by atomic mass is 32.2. The van der Waals surface area contributed by atoms with Gasteiger partial charge in [0, 0.05) is 43.4 Å². The largest absolute Gasteiger partial charge is 0.444 e. The molecule has 2 fully saturated rings. The van der Waals surface area contributed by atoms with Gasteiger partial charge >= 0.3 is 6.09 Å². The van der Waals surface area contributed by atoms with Gasteiger partial charge in [0.25, 0.3) is 0 Å². The predicted molar refractivity (Wildman–Crippen MR) is 257 cm³/mol. The zero-order valence-corrected chi connectivity index (χ0v) is 41.3. The number of ether oxygens (including phenoxy) is 1. The van der Waals surface area contributed by atoms with Gasteiger partial charge in [-0.15, -0.1) is 23.5 Å². The summed E-state index contributed by atoms with van der Waals surface area (Å²) in [7, 11) is -7.55. The van der Waals surface area contributed by atoms with Crippen molar-refractivity contribution in [2.45, 2.75) is 112 Å². The second-order valence-corrected chi connectivity index (χ2v) is 24.6. The maximum atomic E-state index is 13.3. The van der Waals surface area contributed by atoms with Crippen molar-refractivity contribution in [1.29, 1.82) is 0 Å². The average molecular weight is 952 g/mol. The average Bonchev–Trinajstić information content (AvgIpc) is 3.94. The highest BCUT2D eigenvalue weighted by molar-refractivity contribution is 8.02. The number of hydrogen-bond donors (Lipinski definition) is 3. The van der Waals surface area contributed by atoms with Crippen LogP contribution in [0.15, 0.2) is 113 Å². The minimum atomic E-state index is -3.82. The number of nitrogens with one attached hydrogen (secondary N) is 3. The fraction of sp³-hybridized carbons (Fsp3) is 0.426. The predicted octanol–water partition coefficient (Wildman–Crippen LogP) is 8.08. The lowest BCUT2D eigenvalue weighted by molar-refractivity contribution is -0.123. The quantitative estimate of drug-likeness (QED) is 0.134. The number of rotatable bonds is 11. The van der Waals surface area contributed by atoms with Crippen molar-refractivity contribution in [3.05, 3.63) is 125 Å². The standard InChI is InChI=1S/C26H35N3O5S2.C21H26N2O3S2/c1-25(2,3)19-10-12-21(13-11-19)36(32,33)29-14-15-35-23(29)22(30)27-17-18-8-7-9-20(16-18)28-24(31)34-26(4,5)6;1-21(2,3)17-9-11-18(12-10-17)28(25,26)23-13-14-27-20(23)19(24)22-15-16-7-5-4-6-8-16/h7-13,16,23H,14-15,17H2,1-6H3,(H,27,30)(H,28,31);4-12,20H,13-15H2,1-3H3,(H,22,24). The van der Waals surface area contributed by atoms with Gasteiger partial charge in [-0.1, -0.05) is 108 Å². The van der Waals surface area contributed by atoms with Crippen LogP contribution < -0.4 is 16.0 Å². The zero-order valence-electron chi connectivity index (χ0n) is 38.0. The number of hydrogen-bond acceptors (Lipinski definition) is 10. The van der Waals surface area contributed by atoms with Gasteiger partial charge in [0.15, 0.2) is 0 Å². The molecule has 2 atom stereocenters. The molecule has 0 bridgehead atoms. The van der Waals surface area contributed by atoms with Gasteiger partial charge in [-0.05, 0) is 90.3 Å². The molecule has 2 unspecified atom stereocenters. The molecule has 4 aromatic rings. The van der Waals surface area contributed by atoms with Crippen LogP contribution in [0, 0.1) is 0 Å². The van der Waals surface area contributed by atoms with Crippen LogP contribution in [0.25, 0.3) is 0 Å². The van der Waals surface area contributed by atoms with E-state index in [0.29, 0.717) is 30.3 Å². The van der Waals surface area contributed by atoms with Crippen molar-refractivity contribution in [2.75, 3.05) is 29.9 Å². The number of nitrogens with zero attached hydrogens (tertiary/aromatic N) is 2. The van der Waals surface area contributed by atoms with E-state index < -0.39 is 42.5 Å². The SMILES string of the molecule is CC(C)(C)OC(=O)Nc1cccc(CNC(=O)C2SCCN2S(=O)(=O)c2ccc(C(C)(C)C)cc2)c1.CC(C)(C)c1ccc(S(=O)(=O)N2CCSC2C(=O)NCc2ccccc2)cc1. The van der Waals surface area contributed by atoms with Crippen LogP contribution in [0.5, 0.6) is 0 Å². The summed E-state index contributed by atoms with van der Waals surface area (Å²) >= 11 is 2.66. The van der Waals surface area contributed by atoms with E-state index in [9.17, 15) is 31.2 Å². The van der Waals surface area contributed by atoms with Gasteiger partial charge in [-0.3, -0.25) is 14.9 Å². The second kappa shape index (κ2) is 20.8. The number of carbonyl (C=O) groups is 3. The minimum absolute atomic E-state index is 0.0500. The highest BCUT2D eigenvalue weighted by Gasteiger charge is 2.41. The Morgan fingerprint density at radius 1 is 0.594 bits per heavy atom. The fourth-order valence-electron chi connectivity index (χ4n) is 6.67. The number of carbonyl (C=O) groups excluding carboxylic acids is 3. The van der Waals surface area contributed by atoms with Gasteiger partial charge < -0.3 is 15.4 Å². The van der Waals surface area contributed by atoms with Gasteiger partial charge in [0.1, 0.15) is 16.3 Å². The normalized spacial score (nSPS) is 17.5. The maximum Gasteiger partial charge on any atom is 0.412 e. The Labute approximate surface area is 388 Å². The van der Waals surface area contributed by atoms with Gasteiger partial charge in [0.05, 0.1) is 9.79 Å². The number of benzene rings is 4. The van der Waals surface area contributed by atoms with Crippen LogP contribution in [0.4, 0.5) is 10.5 Å². The van der Waals surface area contributed by atoms with Crippen LogP contribution in [-0.4, -0.2) is 84.3 Å². The summed E-state index contributed by atoms with van der Waals surface area (Å²) in [6, 6.07) is 30.4. The topological polar surface area (TPSA) is 171 Å². The number of thioether (sulfide) groups is 2. The Morgan fingerprint density at radius 3 is 1.44 bits per heavy atom. The lowest BCUT2D eigenvalue weighted by atomic mass is 9.87. The maximum absolute atomic E-state index is 13.3. The first kappa shape index (κ1) is 50.6. The zero-order chi connectivity index (χ0) is 47.1. The number of amides is 3. The molecule has 346 valence electrons. The Morgan fingerprint density at radius 2 is 1.02 bits per heavy atom. The molecule has 0 aromatic heterocycles. The molecule has 13 nitrogen and oxygen atoms in total. The van der Waals surface area contributed by atoms with Crippen LogP contribution in [0.1, 0.15) is 84.6 Å². The smallest absolute Gasteiger partial charge is 0.412 e. The van der Waals surface area contributed by atoms with Crippen molar-refractivity contribution in [3.63, 3.8) is 0 Å². The fourth-order valence-corrected chi connectivity index (χ4v) is 12.9. The van der Waals surface area contributed by atoms with E-state index in [-0.39, 0.29) is 45.5 Å². The third kappa shape index (κ3) is 13.6. The third-order valence-electron chi connectivity index (χ3n) is 10.1. The molecule has 6 rings (SSSR count). The number of anilines is 1. The molecule has 0 aliphatic carbocycles. The molecule has 0 radical (unpaired) electrons. The van der Waals surface area contributed by atoms with Crippen LogP contribution in [0.3, 0.4) is 0 Å². The lowest BCUT2D eigenvalue weighted by Gasteiger charge is -2.24.